The Balaban J connectivity index is 2.27. The van der Waals surface area contributed by atoms with Gasteiger partial charge in [0.1, 0.15) is 11.5 Å². The van der Waals surface area contributed by atoms with Gasteiger partial charge in [-0.15, -0.1) is 0 Å². The fourth-order valence-electron chi connectivity index (χ4n) is 3.55. The molecule has 0 aromatic heterocycles. The van der Waals surface area contributed by atoms with E-state index in [0.717, 1.165) is 49.2 Å². The van der Waals surface area contributed by atoms with E-state index in [9.17, 15) is 5.11 Å². The first-order chi connectivity index (χ1) is 10.7. The minimum atomic E-state index is -0.197. The zero-order valence-corrected chi connectivity index (χ0v) is 14.2. The van der Waals surface area contributed by atoms with Crippen molar-refractivity contribution < 1.29 is 14.6 Å². The second-order valence-corrected chi connectivity index (χ2v) is 6.39. The summed E-state index contributed by atoms with van der Waals surface area (Å²) in [6.07, 6.45) is 8.43. The van der Waals surface area contributed by atoms with Gasteiger partial charge in [0.2, 0.25) is 0 Å². The molecular weight excluding hydrogens is 276 g/mol. The summed E-state index contributed by atoms with van der Waals surface area (Å²) < 4.78 is 11.3. The molecule has 1 N–H and O–H groups in total. The van der Waals surface area contributed by atoms with Crippen molar-refractivity contribution in [2.45, 2.75) is 70.3 Å². The van der Waals surface area contributed by atoms with Gasteiger partial charge in [0, 0.05) is 5.56 Å². The minimum Gasteiger partial charge on any atom is -0.496 e. The van der Waals surface area contributed by atoms with Crippen LogP contribution in [0.15, 0.2) is 12.1 Å². The highest BCUT2D eigenvalue weighted by atomic mass is 16.5. The molecule has 1 aromatic rings. The van der Waals surface area contributed by atoms with Crippen LogP contribution in [-0.4, -0.2) is 25.4 Å². The molecule has 22 heavy (non-hydrogen) atoms. The molecule has 0 saturated heterocycles. The monoisotopic (exact) mass is 306 g/mol. The van der Waals surface area contributed by atoms with Crippen molar-refractivity contribution in [1.29, 1.82) is 0 Å². The predicted octanol–water partition coefficient (Wildman–Crippen LogP) is 4.46. The quantitative estimate of drug-likeness (QED) is 0.756. The van der Waals surface area contributed by atoms with E-state index in [-0.39, 0.29) is 6.10 Å². The van der Waals surface area contributed by atoms with Crippen molar-refractivity contribution in [3.05, 3.63) is 23.3 Å². The molecule has 2 atom stereocenters. The third kappa shape index (κ3) is 4.16. The van der Waals surface area contributed by atoms with E-state index in [1.165, 1.54) is 24.8 Å². The molecule has 1 aromatic carbocycles. The van der Waals surface area contributed by atoms with Crippen molar-refractivity contribution in [3.8, 4) is 11.5 Å². The standard InChI is InChI=1S/C19H30O3/c1-4-5-6-8-14-11-17(21-2)19(18(12-14)22-3)15-9-7-10-16(20)13-15/h11-12,15-16,20H,4-10,13H2,1-3H3. The van der Waals surface area contributed by atoms with Gasteiger partial charge < -0.3 is 14.6 Å². The normalized spacial score (nSPS) is 21.6. The van der Waals surface area contributed by atoms with Gasteiger partial charge in [0.15, 0.2) is 0 Å². The summed E-state index contributed by atoms with van der Waals surface area (Å²) in [7, 11) is 3.46. The van der Waals surface area contributed by atoms with Gasteiger partial charge in [-0.25, -0.2) is 0 Å². The first-order valence-corrected chi connectivity index (χ1v) is 8.62. The van der Waals surface area contributed by atoms with E-state index >= 15 is 0 Å². The molecule has 1 aliphatic carbocycles. The molecule has 1 saturated carbocycles. The summed E-state index contributed by atoms with van der Waals surface area (Å²) in [6, 6.07) is 4.32. The van der Waals surface area contributed by atoms with Crippen LogP contribution < -0.4 is 9.47 Å². The number of methoxy groups -OCH3 is 2. The minimum absolute atomic E-state index is 0.197. The van der Waals surface area contributed by atoms with E-state index in [1.54, 1.807) is 14.2 Å². The first-order valence-electron chi connectivity index (χ1n) is 8.62. The third-order valence-corrected chi connectivity index (χ3v) is 4.73. The molecule has 3 heteroatoms. The van der Waals surface area contributed by atoms with Crippen molar-refractivity contribution in [1.82, 2.24) is 0 Å². The number of aryl methyl sites for hydroxylation is 1. The van der Waals surface area contributed by atoms with Crippen LogP contribution in [0.5, 0.6) is 11.5 Å². The zero-order chi connectivity index (χ0) is 15.9. The summed E-state index contributed by atoms with van der Waals surface area (Å²) in [5, 5.41) is 9.98. The number of hydrogen-bond donors (Lipinski definition) is 1. The third-order valence-electron chi connectivity index (χ3n) is 4.73. The first kappa shape index (κ1) is 17.1. The topological polar surface area (TPSA) is 38.7 Å². The Bertz CT molecular complexity index is 445. The van der Waals surface area contributed by atoms with Crippen LogP contribution in [0.4, 0.5) is 0 Å². The highest BCUT2D eigenvalue weighted by molar-refractivity contribution is 5.50. The van der Waals surface area contributed by atoms with E-state index in [4.69, 9.17) is 9.47 Å². The van der Waals surface area contributed by atoms with Crippen LogP contribution in [0.1, 0.15) is 68.9 Å². The van der Waals surface area contributed by atoms with Crippen molar-refractivity contribution in [2.24, 2.45) is 0 Å². The van der Waals surface area contributed by atoms with Gasteiger partial charge in [-0.05, 0) is 55.7 Å². The van der Waals surface area contributed by atoms with Crippen molar-refractivity contribution in [2.75, 3.05) is 14.2 Å². The molecule has 0 bridgehead atoms. The summed E-state index contributed by atoms with van der Waals surface area (Å²) in [5.74, 6) is 2.17. The van der Waals surface area contributed by atoms with Crippen LogP contribution in [0.25, 0.3) is 0 Å². The molecule has 0 aliphatic heterocycles. The Labute approximate surface area is 134 Å². The maximum Gasteiger partial charge on any atom is 0.126 e. The zero-order valence-electron chi connectivity index (χ0n) is 14.2. The molecular formula is C19H30O3. The highest BCUT2D eigenvalue weighted by Crippen LogP contribution is 2.43. The number of hydrogen-bond acceptors (Lipinski definition) is 3. The number of unbranched alkanes of at least 4 members (excludes halogenated alkanes) is 2. The van der Waals surface area contributed by atoms with Crippen LogP contribution in [-0.2, 0) is 6.42 Å². The van der Waals surface area contributed by atoms with Crippen LogP contribution in [0.3, 0.4) is 0 Å². The summed E-state index contributed by atoms with van der Waals surface area (Å²) >= 11 is 0. The Morgan fingerprint density at radius 3 is 2.32 bits per heavy atom. The fourth-order valence-corrected chi connectivity index (χ4v) is 3.55. The maximum absolute atomic E-state index is 9.98. The lowest BCUT2D eigenvalue weighted by Crippen LogP contribution is -2.19. The molecule has 1 fully saturated rings. The van der Waals surface area contributed by atoms with Gasteiger partial charge in [0.05, 0.1) is 20.3 Å². The number of benzene rings is 1. The highest BCUT2D eigenvalue weighted by Gasteiger charge is 2.27. The SMILES string of the molecule is CCCCCc1cc(OC)c(C2CCCC(O)C2)c(OC)c1. The van der Waals surface area contributed by atoms with Crippen LogP contribution in [0.2, 0.25) is 0 Å². The Kier molecular flexibility index (Phi) is 6.56. The second kappa shape index (κ2) is 8.42. The second-order valence-electron chi connectivity index (χ2n) is 6.39. The number of rotatable bonds is 7. The van der Waals surface area contributed by atoms with Gasteiger partial charge in [-0.1, -0.05) is 26.2 Å². The molecule has 2 unspecified atom stereocenters. The van der Waals surface area contributed by atoms with Gasteiger partial charge >= 0.3 is 0 Å². The summed E-state index contributed by atoms with van der Waals surface area (Å²) in [4.78, 5) is 0. The van der Waals surface area contributed by atoms with Crippen LogP contribution >= 0.6 is 0 Å². The number of aliphatic hydroxyl groups excluding tert-OH is 1. The Morgan fingerprint density at radius 2 is 1.77 bits per heavy atom. The lowest BCUT2D eigenvalue weighted by Gasteiger charge is -2.29. The van der Waals surface area contributed by atoms with Crippen LogP contribution in [0, 0.1) is 0 Å². The van der Waals surface area contributed by atoms with Crippen molar-refractivity contribution >= 4 is 0 Å². The molecule has 0 amide bonds. The summed E-state index contributed by atoms with van der Waals surface area (Å²) in [6.45, 7) is 2.22. The maximum atomic E-state index is 9.98. The predicted molar refractivity (Wildman–Crippen MR) is 90.0 cm³/mol. The average Bonchev–Trinajstić information content (AvgIpc) is 2.54. The van der Waals surface area contributed by atoms with Crippen molar-refractivity contribution in [3.63, 3.8) is 0 Å². The molecule has 0 radical (unpaired) electrons. The van der Waals surface area contributed by atoms with E-state index in [2.05, 4.69) is 19.1 Å². The molecule has 124 valence electrons. The van der Waals surface area contributed by atoms with Gasteiger partial charge in [-0.3, -0.25) is 0 Å². The van der Waals surface area contributed by atoms with Gasteiger partial charge in [-0.2, -0.15) is 0 Å². The molecule has 2 rings (SSSR count). The average molecular weight is 306 g/mol. The van der Waals surface area contributed by atoms with E-state index in [1.807, 2.05) is 0 Å². The van der Waals surface area contributed by atoms with E-state index in [0.29, 0.717) is 5.92 Å². The lowest BCUT2D eigenvalue weighted by molar-refractivity contribution is 0.118. The Hall–Kier alpha value is -1.22. The van der Waals surface area contributed by atoms with Gasteiger partial charge in [0.25, 0.3) is 0 Å². The van der Waals surface area contributed by atoms with E-state index < -0.39 is 0 Å². The summed E-state index contributed by atoms with van der Waals surface area (Å²) in [5.41, 5.74) is 2.42. The molecule has 0 heterocycles. The fraction of sp³-hybridized carbons (Fsp3) is 0.684. The molecule has 3 nitrogen and oxygen atoms in total. The molecule has 1 aliphatic rings. The largest absolute Gasteiger partial charge is 0.496 e. The molecule has 0 spiro atoms. The number of ether oxygens (including phenoxy) is 2. The Morgan fingerprint density at radius 1 is 1.09 bits per heavy atom. The smallest absolute Gasteiger partial charge is 0.126 e. The number of aliphatic hydroxyl groups is 1. The lowest BCUT2D eigenvalue weighted by atomic mass is 9.81.